The molecule has 1 aromatic carbocycles. The molecule has 0 amide bonds. The van der Waals surface area contributed by atoms with Gasteiger partial charge in [-0.3, -0.25) is 19.4 Å². The lowest BCUT2D eigenvalue weighted by Crippen LogP contribution is -2.63. The molecule has 0 atom stereocenters. The van der Waals surface area contributed by atoms with Crippen LogP contribution >= 0.6 is 0 Å². The summed E-state index contributed by atoms with van der Waals surface area (Å²) in [5.41, 5.74) is 1.31. The van der Waals surface area contributed by atoms with Gasteiger partial charge in [0.15, 0.2) is 0 Å². The zero-order valence-electron chi connectivity index (χ0n) is 25.4. The van der Waals surface area contributed by atoms with Crippen LogP contribution in [0.3, 0.4) is 0 Å². The number of cyclic esters (lactones) is 2. The van der Waals surface area contributed by atoms with Gasteiger partial charge in [-0.25, -0.2) is 0 Å². The minimum absolute atomic E-state index is 0.0582. The summed E-state index contributed by atoms with van der Waals surface area (Å²) in [4.78, 5) is 30.8. The van der Waals surface area contributed by atoms with E-state index in [1.54, 1.807) is 7.11 Å². The third-order valence-electron chi connectivity index (χ3n) is 10.0. The van der Waals surface area contributed by atoms with Crippen molar-refractivity contribution < 1.29 is 23.8 Å². The van der Waals surface area contributed by atoms with E-state index in [9.17, 15) is 9.59 Å². The highest BCUT2D eigenvalue weighted by Gasteiger charge is 2.59. The van der Waals surface area contributed by atoms with Crippen molar-refractivity contribution in [3.63, 3.8) is 0 Å². The minimum atomic E-state index is -1.48. The number of esters is 2. The highest BCUT2D eigenvalue weighted by molar-refractivity contribution is 5.93. The smallest absolute Gasteiger partial charge is 0.320 e. The second-order valence-corrected chi connectivity index (χ2v) is 14.3. The van der Waals surface area contributed by atoms with Crippen LogP contribution < -0.4 is 4.74 Å². The molecular formula is C31H48N2O5. The standard InChI is InChI=1S/C31H48N2O5/c1-27(2)16-20(17-28(3,4)32(27)9)23-14-22(36-11)12-13-24(23)31(37-25(34)15-26(35)38-31)21-18-29(5,6)33(10)30(7,8)19-21/h12-14,20-21H,15-19H2,1-11H3. The molecule has 0 unspecified atom stereocenters. The molecule has 3 fully saturated rings. The quantitative estimate of drug-likeness (QED) is 0.372. The van der Waals surface area contributed by atoms with Crippen LogP contribution in [0.5, 0.6) is 5.75 Å². The van der Waals surface area contributed by atoms with Crippen molar-refractivity contribution in [2.24, 2.45) is 5.92 Å². The normalized spacial score (nSPS) is 27.4. The molecule has 0 radical (unpaired) electrons. The van der Waals surface area contributed by atoms with E-state index in [4.69, 9.17) is 14.2 Å². The summed E-state index contributed by atoms with van der Waals surface area (Å²) < 4.78 is 18.2. The van der Waals surface area contributed by atoms with E-state index in [2.05, 4.69) is 85.4 Å². The molecule has 7 heteroatoms. The summed E-state index contributed by atoms with van der Waals surface area (Å²) in [6.45, 7) is 17.9. The molecule has 0 aliphatic carbocycles. The first-order valence-corrected chi connectivity index (χ1v) is 13.9. The van der Waals surface area contributed by atoms with Crippen molar-refractivity contribution in [1.29, 1.82) is 0 Å². The molecule has 3 aliphatic heterocycles. The van der Waals surface area contributed by atoms with E-state index in [1.165, 1.54) is 0 Å². The molecule has 0 saturated carbocycles. The Bertz CT molecular complexity index is 1050. The fourth-order valence-electron chi connectivity index (χ4n) is 7.60. The number of carbonyl (C=O) groups is 2. The average molecular weight is 529 g/mol. The Labute approximate surface area is 229 Å². The molecule has 0 bridgehead atoms. The summed E-state index contributed by atoms with van der Waals surface area (Å²) in [5, 5.41) is 0. The van der Waals surface area contributed by atoms with Crippen molar-refractivity contribution in [3.05, 3.63) is 29.3 Å². The number of likely N-dealkylation sites (tertiary alicyclic amines) is 2. The van der Waals surface area contributed by atoms with Gasteiger partial charge in [-0.2, -0.15) is 0 Å². The number of carbonyl (C=O) groups excluding carboxylic acids is 2. The van der Waals surface area contributed by atoms with Gasteiger partial charge in [0.1, 0.15) is 12.2 Å². The summed E-state index contributed by atoms with van der Waals surface area (Å²) in [5.74, 6) is -1.85. The molecule has 38 heavy (non-hydrogen) atoms. The van der Waals surface area contributed by atoms with Gasteiger partial charge in [0.25, 0.3) is 5.79 Å². The van der Waals surface area contributed by atoms with E-state index in [0.29, 0.717) is 12.8 Å². The van der Waals surface area contributed by atoms with Crippen LogP contribution in [0.4, 0.5) is 0 Å². The van der Waals surface area contributed by atoms with Gasteiger partial charge in [0.2, 0.25) is 0 Å². The molecule has 3 heterocycles. The Morgan fingerprint density at radius 2 is 1.21 bits per heavy atom. The van der Waals surface area contributed by atoms with E-state index in [1.807, 2.05) is 12.1 Å². The number of rotatable bonds is 4. The zero-order chi connectivity index (χ0) is 28.5. The first-order valence-electron chi connectivity index (χ1n) is 13.9. The number of benzene rings is 1. The Morgan fingerprint density at radius 3 is 1.66 bits per heavy atom. The van der Waals surface area contributed by atoms with Gasteiger partial charge >= 0.3 is 11.9 Å². The molecule has 0 spiro atoms. The molecule has 4 rings (SSSR count). The van der Waals surface area contributed by atoms with Crippen LogP contribution in [0, 0.1) is 5.92 Å². The van der Waals surface area contributed by atoms with Crippen LogP contribution in [0.25, 0.3) is 0 Å². The molecule has 0 aromatic heterocycles. The number of hydrogen-bond acceptors (Lipinski definition) is 7. The molecule has 212 valence electrons. The highest BCUT2D eigenvalue weighted by Crippen LogP contribution is 2.54. The third kappa shape index (κ3) is 4.85. The Kier molecular flexibility index (Phi) is 7.01. The summed E-state index contributed by atoms with van der Waals surface area (Å²) in [6, 6.07) is 5.94. The Morgan fingerprint density at radius 1 is 0.763 bits per heavy atom. The van der Waals surface area contributed by atoms with Crippen LogP contribution in [0.15, 0.2) is 18.2 Å². The predicted octanol–water partition coefficient (Wildman–Crippen LogP) is 5.60. The SMILES string of the molecule is COc1ccc(C2(C3CC(C)(C)N(C)C(C)(C)C3)OC(=O)CC(=O)O2)c(C2CC(C)(C)N(C)C(C)(C)C2)c1. The largest absolute Gasteiger partial charge is 0.497 e. The van der Waals surface area contributed by atoms with E-state index >= 15 is 0 Å². The second-order valence-electron chi connectivity index (χ2n) is 14.3. The van der Waals surface area contributed by atoms with Crippen LogP contribution in [-0.2, 0) is 24.8 Å². The van der Waals surface area contributed by atoms with E-state index in [-0.39, 0.29) is 40.4 Å². The van der Waals surface area contributed by atoms with Crippen LogP contribution in [0.1, 0.15) is 105 Å². The number of nitrogens with zero attached hydrogens (tertiary/aromatic N) is 2. The van der Waals surface area contributed by atoms with Crippen molar-refractivity contribution in [2.75, 3.05) is 21.2 Å². The maximum atomic E-state index is 13.0. The number of piperidine rings is 2. The van der Waals surface area contributed by atoms with Crippen molar-refractivity contribution in [2.45, 2.75) is 121 Å². The minimum Gasteiger partial charge on any atom is -0.497 e. The Balaban J connectivity index is 1.93. The molecule has 1 aromatic rings. The maximum Gasteiger partial charge on any atom is 0.320 e. The van der Waals surface area contributed by atoms with Crippen molar-refractivity contribution >= 4 is 11.9 Å². The van der Waals surface area contributed by atoms with Gasteiger partial charge in [0, 0.05) is 33.6 Å². The maximum absolute atomic E-state index is 13.0. The van der Waals surface area contributed by atoms with E-state index in [0.717, 1.165) is 29.7 Å². The molecule has 3 saturated heterocycles. The highest BCUT2D eigenvalue weighted by atomic mass is 16.7. The van der Waals surface area contributed by atoms with E-state index < -0.39 is 17.7 Å². The Hall–Kier alpha value is -2.12. The molecule has 3 aliphatic rings. The molecular weight excluding hydrogens is 480 g/mol. The monoisotopic (exact) mass is 528 g/mol. The molecule has 0 N–H and O–H groups in total. The van der Waals surface area contributed by atoms with Gasteiger partial charge in [-0.05, 0) is 125 Å². The van der Waals surface area contributed by atoms with Crippen molar-refractivity contribution in [3.8, 4) is 5.75 Å². The van der Waals surface area contributed by atoms with Crippen LogP contribution in [-0.4, -0.2) is 65.1 Å². The fraction of sp³-hybridized carbons (Fsp3) is 0.742. The van der Waals surface area contributed by atoms with Gasteiger partial charge < -0.3 is 14.2 Å². The molecule has 7 nitrogen and oxygen atoms in total. The number of methoxy groups -OCH3 is 1. The van der Waals surface area contributed by atoms with Gasteiger partial charge in [-0.1, -0.05) is 0 Å². The van der Waals surface area contributed by atoms with Gasteiger partial charge in [0.05, 0.1) is 7.11 Å². The van der Waals surface area contributed by atoms with Gasteiger partial charge in [-0.15, -0.1) is 0 Å². The zero-order valence-corrected chi connectivity index (χ0v) is 25.4. The summed E-state index contributed by atoms with van der Waals surface area (Å²) >= 11 is 0. The number of hydrogen-bond donors (Lipinski definition) is 0. The lowest BCUT2D eigenvalue weighted by atomic mass is 9.66. The lowest BCUT2D eigenvalue weighted by molar-refractivity contribution is -0.283. The fourth-order valence-corrected chi connectivity index (χ4v) is 7.60. The third-order valence-corrected chi connectivity index (χ3v) is 10.0. The second kappa shape index (κ2) is 9.22. The average Bonchev–Trinajstić information content (AvgIpc) is 2.79. The first-order chi connectivity index (χ1) is 17.3. The summed E-state index contributed by atoms with van der Waals surface area (Å²) in [6.07, 6.45) is 2.89. The first kappa shape index (κ1) is 28.9. The lowest BCUT2D eigenvalue weighted by Gasteiger charge is -2.57. The van der Waals surface area contributed by atoms with Crippen LogP contribution in [0.2, 0.25) is 0 Å². The predicted molar refractivity (Wildman–Crippen MR) is 148 cm³/mol. The summed E-state index contributed by atoms with van der Waals surface area (Å²) in [7, 11) is 6.00. The van der Waals surface area contributed by atoms with Crippen molar-refractivity contribution in [1.82, 2.24) is 9.80 Å². The number of ether oxygens (including phenoxy) is 3. The topological polar surface area (TPSA) is 68.3 Å².